The standard InChI is InChI=1S/C11H18N2O/c1-9(12-13(2)3)10-5-7-11(14-4)8-6-10/h5-9,12H,1-4H3. The normalized spacial score (nSPS) is 12.9. The van der Waals surface area contributed by atoms with Crippen molar-refractivity contribution in [2.24, 2.45) is 0 Å². The Kier molecular flexibility index (Phi) is 3.92. The lowest BCUT2D eigenvalue weighted by Gasteiger charge is -2.19. The van der Waals surface area contributed by atoms with Crippen molar-refractivity contribution in [3.8, 4) is 5.75 Å². The second-order valence-electron chi connectivity index (χ2n) is 3.52. The number of benzene rings is 1. The monoisotopic (exact) mass is 194 g/mol. The van der Waals surface area contributed by atoms with Crippen LogP contribution in [0.5, 0.6) is 5.75 Å². The maximum atomic E-state index is 5.10. The van der Waals surface area contributed by atoms with Gasteiger partial charge in [-0.05, 0) is 24.6 Å². The van der Waals surface area contributed by atoms with Crippen LogP contribution in [0.3, 0.4) is 0 Å². The number of hydrazine groups is 1. The Bertz CT molecular complexity index is 269. The molecule has 3 heteroatoms. The minimum Gasteiger partial charge on any atom is -0.497 e. The average Bonchev–Trinajstić information content (AvgIpc) is 2.17. The summed E-state index contributed by atoms with van der Waals surface area (Å²) in [5.41, 5.74) is 4.54. The van der Waals surface area contributed by atoms with E-state index in [9.17, 15) is 0 Å². The van der Waals surface area contributed by atoms with E-state index >= 15 is 0 Å². The molecule has 0 heterocycles. The summed E-state index contributed by atoms with van der Waals surface area (Å²) in [6.45, 7) is 2.13. The Labute approximate surface area is 85.6 Å². The van der Waals surface area contributed by atoms with E-state index in [-0.39, 0.29) is 0 Å². The molecule has 0 aromatic heterocycles. The third-order valence-corrected chi connectivity index (χ3v) is 2.07. The highest BCUT2D eigenvalue weighted by Crippen LogP contribution is 2.16. The molecule has 0 aliphatic carbocycles. The minimum atomic E-state index is 0.316. The summed E-state index contributed by atoms with van der Waals surface area (Å²) in [6, 6.07) is 8.41. The summed E-state index contributed by atoms with van der Waals surface area (Å²) in [6.07, 6.45) is 0. The molecule has 78 valence electrons. The maximum absolute atomic E-state index is 5.10. The molecule has 1 rings (SSSR count). The maximum Gasteiger partial charge on any atom is 0.118 e. The van der Waals surface area contributed by atoms with E-state index in [2.05, 4.69) is 24.5 Å². The lowest BCUT2D eigenvalue weighted by atomic mass is 10.1. The number of methoxy groups -OCH3 is 1. The van der Waals surface area contributed by atoms with Crippen LogP contribution in [-0.2, 0) is 0 Å². The second-order valence-corrected chi connectivity index (χ2v) is 3.52. The molecule has 0 aliphatic heterocycles. The number of rotatable bonds is 4. The van der Waals surface area contributed by atoms with Gasteiger partial charge in [-0.15, -0.1) is 0 Å². The molecule has 1 aromatic rings. The van der Waals surface area contributed by atoms with E-state index < -0.39 is 0 Å². The topological polar surface area (TPSA) is 24.5 Å². The van der Waals surface area contributed by atoms with Crippen molar-refractivity contribution >= 4 is 0 Å². The van der Waals surface area contributed by atoms with E-state index in [1.807, 2.05) is 31.2 Å². The zero-order valence-electron chi connectivity index (χ0n) is 9.24. The van der Waals surface area contributed by atoms with Gasteiger partial charge in [-0.1, -0.05) is 12.1 Å². The minimum absolute atomic E-state index is 0.316. The van der Waals surface area contributed by atoms with E-state index in [0.29, 0.717) is 6.04 Å². The fraction of sp³-hybridized carbons (Fsp3) is 0.455. The van der Waals surface area contributed by atoms with Gasteiger partial charge in [0.25, 0.3) is 0 Å². The molecule has 14 heavy (non-hydrogen) atoms. The molecule has 0 bridgehead atoms. The van der Waals surface area contributed by atoms with Crippen molar-refractivity contribution in [3.63, 3.8) is 0 Å². The van der Waals surface area contributed by atoms with Gasteiger partial charge in [0.05, 0.1) is 7.11 Å². The number of nitrogens with one attached hydrogen (secondary N) is 1. The summed E-state index contributed by atoms with van der Waals surface area (Å²) in [5.74, 6) is 0.894. The van der Waals surface area contributed by atoms with Gasteiger partial charge in [0.15, 0.2) is 0 Å². The van der Waals surface area contributed by atoms with Crippen LogP contribution in [0.15, 0.2) is 24.3 Å². The second kappa shape index (κ2) is 4.98. The van der Waals surface area contributed by atoms with Crippen molar-refractivity contribution in [2.75, 3.05) is 21.2 Å². The Morgan fingerprint density at radius 1 is 1.21 bits per heavy atom. The highest BCUT2D eigenvalue weighted by molar-refractivity contribution is 5.28. The van der Waals surface area contributed by atoms with Crippen LogP contribution in [-0.4, -0.2) is 26.2 Å². The van der Waals surface area contributed by atoms with Crippen LogP contribution in [0, 0.1) is 0 Å². The number of hydrogen-bond donors (Lipinski definition) is 1. The predicted molar refractivity (Wildman–Crippen MR) is 58.2 cm³/mol. The molecule has 0 spiro atoms. The van der Waals surface area contributed by atoms with Gasteiger partial charge in [-0.25, -0.2) is 5.43 Å². The molecule has 0 radical (unpaired) electrons. The van der Waals surface area contributed by atoms with Gasteiger partial charge in [-0.2, -0.15) is 0 Å². The highest BCUT2D eigenvalue weighted by Gasteiger charge is 2.04. The van der Waals surface area contributed by atoms with Crippen LogP contribution in [0.25, 0.3) is 0 Å². The first-order valence-electron chi connectivity index (χ1n) is 4.71. The van der Waals surface area contributed by atoms with Gasteiger partial charge < -0.3 is 4.74 Å². The first-order chi connectivity index (χ1) is 6.63. The van der Waals surface area contributed by atoms with Gasteiger partial charge in [-0.3, -0.25) is 5.01 Å². The molecule has 1 aromatic carbocycles. The molecule has 0 fully saturated rings. The average molecular weight is 194 g/mol. The Morgan fingerprint density at radius 2 is 1.79 bits per heavy atom. The van der Waals surface area contributed by atoms with Crippen molar-refractivity contribution in [3.05, 3.63) is 29.8 Å². The summed E-state index contributed by atoms with van der Waals surface area (Å²) < 4.78 is 5.10. The molecular weight excluding hydrogens is 176 g/mol. The highest BCUT2D eigenvalue weighted by atomic mass is 16.5. The predicted octanol–water partition coefficient (Wildman–Crippen LogP) is 1.82. The third-order valence-electron chi connectivity index (χ3n) is 2.07. The Hall–Kier alpha value is -1.06. The molecule has 0 saturated heterocycles. The molecule has 1 N–H and O–H groups in total. The Balaban J connectivity index is 2.66. The van der Waals surface area contributed by atoms with E-state index in [1.165, 1.54) is 5.56 Å². The van der Waals surface area contributed by atoms with Crippen LogP contribution in [0.2, 0.25) is 0 Å². The zero-order chi connectivity index (χ0) is 10.6. The first kappa shape index (κ1) is 11.0. The van der Waals surface area contributed by atoms with Crippen molar-refractivity contribution in [1.29, 1.82) is 0 Å². The summed E-state index contributed by atoms with van der Waals surface area (Å²) in [4.78, 5) is 0. The molecule has 0 amide bonds. The smallest absolute Gasteiger partial charge is 0.118 e. The molecule has 3 nitrogen and oxygen atoms in total. The van der Waals surface area contributed by atoms with E-state index in [0.717, 1.165) is 5.75 Å². The summed E-state index contributed by atoms with van der Waals surface area (Å²) in [7, 11) is 5.65. The fourth-order valence-electron chi connectivity index (χ4n) is 1.35. The molecule has 1 atom stereocenters. The van der Waals surface area contributed by atoms with Crippen molar-refractivity contribution < 1.29 is 4.74 Å². The van der Waals surface area contributed by atoms with Crippen molar-refractivity contribution in [2.45, 2.75) is 13.0 Å². The van der Waals surface area contributed by atoms with Gasteiger partial charge in [0, 0.05) is 20.1 Å². The SMILES string of the molecule is COc1ccc(C(C)NN(C)C)cc1. The van der Waals surface area contributed by atoms with Crippen LogP contribution < -0.4 is 10.2 Å². The Morgan fingerprint density at radius 3 is 2.21 bits per heavy atom. The number of ether oxygens (including phenoxy) is 1. The molecule has 0 aliphatic rings. The lowest BCUT2D eigenvalue weighted by molar-refractivity contribution is 0.252. The molecule has 0 saturated carbocycles. The fourth-order valence-corrected chi connectivity index (χ4v) is 1.35. The summed E-state index contributed by atoms with van der Waals surface area (Å²) in [5, 5.41) is 1.95. The quantitative estimate of drug-likeness (QED) is 0.740. The zero-order valence-corrected chi connectivity index (χ0v) is 9.24. The van der Waals surface area contributed by atoms with Crippen molar-refractivity contribution in [1.82, 2.24) is 10.4 Å². The van der Waals surface area contributed by atoms with Crippen LogP contribution in [0.1, 0.15) is 18.5 Å². The van der Waals surface area contributed by atoms with Gasteiger partial charge >= 0.3 is 0 Å². The number of hydrogen-bond acceptors (Lipinski definition) is 3. The molecule has 1 unspecified atom stereocenters. The van der Waals surface area contributed by atoms with Crippen LogP contribution >= 0.6 is 0 Å². The summed E-state index contributed by atoms with van der Waals surface area (Å²) >= 11 is 0. The van der Waals surface area contributed by atoms with E-state index in [4.69, 9.17) is 4.74 Å². The first-order valence-corrected chi connectivity index (χ1v) is 4.71. The van der Waals surface area contributed by atoms with Gasteiger partial charge in [0.2, 0.25) is 0 Å². The van der Waals surface area contributed by atoms with Crippen LogP contribution in [0.4, 0.5) is 0 Å². The van der Waals surface area contributed by atoms with E-state index in [1.54, 1.807) is 7.11 Å². The lowest BCUT2D eigenvalue weighted by Crippen LogP contribution is -2.32. The molecular formula is C11H18N2O. The third kappa shape index (κ3) is 3.01. The van der Waals surface area contributed by atoms with Gasteiger partial charge in [0.1, 0.15) is 5.75 Å². The largest absolute Gasteiger partial charge is 0.497 e. The number of nitrogens with zero attached hydrogens (tertiary/aromatic N) is 1.